The number of hydrogen-bond acceptors (Lipinski definition) is 3. The summed E-state index contributed by atoms with van der Waals surface area (Å²) in [4.78, 5) is 0. The molecule has 106 valence electrons. The molecule has 6 heteroatoms. The summed E-state index contributed by atoms with van der Waals surface area (Å²) in [5, 5.41) is 9.62. The molecule has 2 rings (SSSR count). The maximum atomic E-state index is 12.1. The molecular formula is C14H11F3O3. The molecule has 0 saturated heterocycles. The van der Waals surface area contributed by atoms with Crippen molar-refractivity contribution in [3.05, 3.63) is 48.0 Å². The van der Waals surface area contributed by atoms with E-state index in [0.717, 1.165) is 23.8 Å². The van der Waals surface area contributed by atoms with Crippen LogP contribution in [-0.2, 0) is 0 Å². The number of hydrogen-bond donors (Lipinski definition) is 1. The van der Waals surface area contributed by atoms with E-state index in [1.807, 2.05) is 0 Å². The molecular weight excluding hydrogens is 273 g/mol. The minimum Gasteiger partial charge on any atom is -0.504 e. The predicted octanol–water partition coefficient (Wildman–Crippen LogP) is 4.39. The van der Waals surface area contributed by atoms with Crippen LogP contribution in [0.1, 0.15) is 5.56 Å². The van der Waals surface area contributed by atoms with Crippen LogP contribution >= 0.6 is 0 Å². The number of ether oxygens (including phenoxy) is 2. The number of aryl methyl sites for hydroxylation is 1. The molecule has 20 heavy (non-hydrogen) atoms. The van der Waals surface area contributed by atoms with Gasteiger partial charge in [0.2, 0.25) is 0 Å². The van der Waals surface area contributed by atoms with Gasteiger partial charge in [-0.2, -0.15) is 0 Å². The maximum absolute atomic E-state index is 12.1. The highest BCUT2D eigenvalue weighted by Crippen LogP contribution is 2.36. The Balaban J connectivity index is 2.27. The van der Waals surface area contributed by atoms with Crippen LogP contribution in [0.25, 0.3) is 0 Å². The lowest BCUT2D eigenvalue weighted by atomic mass is 10.2. The molecule has 0 bridgehead atoms. The average Bonchev–Trinajstić information content (AvgIpc) is 2.34. The van der Waals surface area contributed by atoms with E-state index in [1.54, 1.807) is 31.2 Å². The number of rotatable bonds is 3. The summed E-state index contributed by atoms with van der Waals surface area (Å²) >= 11 is 0. The molecule has 0 atom stereocenters. The third-order valence-electron chi connectivity index (χ3n) is 2.48. The molecule has 0 heterocycles. The smallest absolute Gasteiger partial charge is 0.504 e. The second-order valence-electron chi connectivity index (χ2n) is 4.04. The number of alkyl halides is 3. The molecule has 2 aromatic carbocycles. The zero-order chi connectivity index (χ0) is 14.8. The Hall–Kier alpha value is -2.37. The van der Waals surface area contributed by atoms with Crippen LogP contribution in [0.5, 0.6) is 23.0 Å². The number of phenols is 1. The van der Waals surface area contributed by atoms with Gasteiger partial charge in [0.1, 0.15) is 11.5 Å². The summed E-state index contributed by atoms with van der Waals surface area (Å²) in [6.45, 7) is 1.78. The lowest BCUT2D eigenvalue weighted by Crippen LogP contribution is -2.17. The Morgan fingerprint density at radius 2 is 1.70 bits per heavy atom. The first-order valence-corrected chi connectivity index (χ1v) is 5.67. The van der Waals surface area contributed by atoms with Crippen molar-refractivity contribution in [2.45, 2.75) is 13.3 Å². The average molecular weight is 284 g/mol. The minimum absolute atomic E-state index is 0.110. The van der Waals surface area contributed by atoms with Gasteiger partial charge < -0.3 is 14.6 Å². The third-order valence-corrected chi connectivity index (χ3v) is 2.48. The summed E-state index contributed by atoms with van der Waals surface area (Å²) in [5.74, 6) is -0.408. The molecule has 0 spiro atoms. The third kappa shape index (κ3) is 3.57. The van der Waals surface area contributed by atoms with Gasteiger partial charge in [-0.1, -0.05) is 18.2 Å². The number of benzene rings is 2. The van der Waals surface area contributed by atoms with Gasteiger partial charge in [0, 0.05) is 6.07 Å². The lowest BCUT2D eigenvalue weighted by Gasteiger charge is -2.13. The van der Waals surface area contributed by atoms with Crippen molar-refractivity contribution in [2.75, 3.05) is 0 Å². The molecule has 0 fully saturated rings. The van der Waals surface area contributed by atoms with Crippen molar-refractivity contribution in [2.24, 2.45) is 0 Å². The van der Waals surface area contributed by atoms with Crippen LogP contribution in [0.15, 0.2) is 42.5 Å². The van der Waals surface area contributed by atoms with Gasteiger partial charge in [-0.25, -0.2) is 0 Å². The van der Waals surface area contributed by atoms with E-state index in [-0.39, 0.29) is 11.5 Å². The van der Waals surface area contributed by atoms with Crippen LogP contribution in [0.4, 0.5) is 13.2 Å². The van der Waals surface area contributed by atoms with Crippen molar-refractivity contribution < 1.29 is 27.8 Å². The SMILES string of the molecule is Cc1ccccc1Oc1cc(OC(F)(F)F)ccc1O. The van der Waals surface area contributed by atoms with E-state index in [2.05, 4.69) is 4.74 Å². The Bertz CT molecular complexity index is 609. The number of halogens is 3. The van der Waals surface area contributed by atoms with Crippen LogP contribution in [0.3, 0.4) is 0 Å². The molecule has 0 amide bonds. The molecule has 0 aliphatic rings. The largest absolute Gasteiger partial charge is 0.573 e. The molecule has 1 N–H and O–H groups in total. The van der Waals surface area contributed by atoms with Crippen molar-refractivity contribution in [1.29, 1.82) is 0 Å². The van der Waals surface area contributed by atoms with Gasteiger partial charge in [-0.15, -0.1) is 13.2 Å². The van der Waals surface area contributed by atoms with Crippen molar-refractivity contribution in [1.82, 2.24) is 0 Å². The van der Waals surface area contributed by atoms with E-state index in [1.165, 1.54) is 0 Å². The van der Waals surface area contributed by atoms with Gasteiger partial charge in [0.05, 0.1) is 0 Å². The fourth-order valence-electron chi connectivity index (χ4n) is 1.56. The Labute approximate surface area is 113 Å². The Morgan fingerprint density at radius 1 is 1.00 bits per heavy atom. The van der Waals surface area contributed by atoms with Crippen LogP contribution in [-0.4, -0.2) is 11.5 Å². The molecule has 0 saturated carbocycles. The topological polar surface area (TPSA) is 38.7 Å². The van der Waals surface area contributed by atoms with Gasteiger partial charge in [0.15, 0.2) is 11.5 Å². The molecule has 0 radical (unpaired) electrons. The highest BCUT2D eigenvalue weighted by Gasteiger charge is 2.31. The number of para-hydroxylation sites is 1. The predicted molar refractivity (Wildman–Crippen MR) is 66.0 cm³/mol. The molecule has 0 aliphatic carbocycles. The zero-order valence-corrected chi connectivity index (χ0v) is 10.4. The fraction of sp³-hybridized carbons (Fsp3) is 0.143. The highest BCUT2D eigenvalue weighted by atomic mass is 19.4. The fourth-order valence-corrected chi connectivity index (χ4v) is 1.56. The van der Waals surface area contributed by atoms with Crippen molar-refractivity contribution in [3.63, 3.8) is 0 Å². The normalized spacial score (nSPS) is 11.2. The molecule has 0 aliphatic heterocycles. The summed E-state index contributed by atoms with van der Waals surface area (Å²) in [6, 6.07) is 10.0. The quantitative estimate of drug-likeness (QED) is 0.908. The van der Waals surface area contributed by atoms with Crippen LogP contribution in [0, 0.1) is 6.92 Å². The monoisotopic (exact) mass is 284 g/mol. The molecule has 0 unspecified atom stereocenters. The second-order valence-corrected chi connectivity index (χ2v) is 4.04. The van der Waals surface area contributed by atoms with E-state index < -0.39 is 12.1 Å². The van der Waals surface area contributed by atoms with E-state index >= 15 is 0 Å². The lowest BCUT2D eigenvalue weighted by molar-refractivity contribution is -0.274. The summed E-state index contributed by atoms with van der Waals surface area (Å²) in [6.07, 6.45) is -4.79. The van der Waals surface area contributed by atoms with Gasteiger partial charge in [-0.3, -0.25) is 0 Å². The van der Waals surface area contributed by atoms with E-state index in [0.29, 0.717) is 5.75 Å². The zero-order valence-electron chi connectivity index (χ0n) is 10.4. The van der Waals surface area contributed by atoms with Crippen molar-refractivity contribution >= 4 is 0 Å². The molecule has 3 nitrogen and oxygen atoms in total. The van der Waals surface area contributed by atoms with E-state index in [9.17, 15) is 18.3 Å². The van der Waals surface area contributed by atoms with Crippen LogP contribution in [0.2, 0.25) is 0 Å². The Kier molecular flexibility index (Phi) is 3.74. The molecule has 2 aromatic rings. The highest BCUT2D eigenvalue weighted by molar-refractivity contribution is 5.48. The first-order chi connectivity index (χ1) is 9.35. The Morgan fingerprint density at radius 3 is 2.35 bits per heavy atom. The number of aromatic hydroxyl groups is 1. The minimum atomic E-state index is -4.79. The summed E-state index contributed by atoms with van der Waals surface area (Å²) in [5.41, 5.74) is 0.786. The molecule has 0 aromatic heterocycles. The van der Waals surface area contributed by atoms with Gasteiger partial charge in [0.25, 0.3) is 0 Å². The van der Waals surface area contributed by atoms with Crippen LogP contribution < -0.4 is 9.47 Å². The van der Waals surface area contributed by atoms with Gasteiger partial charge >= 0.3 is 6.36 Å². The van der Waals surface area contributed by atoms with E-state index in [4.69, 9.17) is 4.74 Å². The number of phenolic OH excluding ortho intramolecular Hbond substituents is 1. The standard InChI is InChI=1S/C14H11F3O3/c1-9-4-2-3-5-12(9)19-13-8-10(6-7-11(13)18)20-14(15,16)17/h2-8,18H,1H3. The summed E-state index contributed by atoms with van der Waals surface area (Å²) in [7, 11) is 0. The summed E-state index contributed by atoms with van der Waals surface area (Å²) < 4.78 is 45.6. The van der Waals surface area contributed by atoms with Gasteiger partial charge in [-0.05, 0) is 30.7 Å². The first kappa shape index (κ1) is 14.0. The maximum Gasteiger partial charge on any atom is 0.573 e. The first-order valence-electron chi connectivity index (χ1n) is 5.67. The second kappa shape index (κ2) is 5.32. The van der Waals surface area contributed by atoms with Crippen molar-refractivity contribution in [3.8, 4) is 23.0 Å².